The van der Waals surface area contributed by atoms with E-state index in [2.05, 4.69) is 39.8 Å². The maximum Gasteiger partial charge on any atom is 0.312 e. The summed E-state index contributed by atoms with van der Waals surface area (Å²) >= 11 is 0. The molecule has 5 heteroatoms. The quantitative estimate of drug-likeness (QED) is 0.210. The van der Waals surface area contributed by atoms with Gasteiger partial charge in [-0.1, -0.05) is 28.9 Å². The summed E-state index contributed by atoms with van der Waals surface area (Å²) < 4.78 is 11.6. The number of ether oxygens (including phenoxy) is 2. The van der Waals surface area contributed by atoms with Gasteiger partial charge in [-0.05, 0) is 119 Å². The number of carbonyl (C=O) groups is 2. The molecule has 2 rings (SSSR count). The fraction of sp³-hybridized carbons (Fsp3) is 0.742. The number of rotatable bonds is 13. The molecule has 0 spiro atoms. The van der Waals surface area contributed by atoms with Crippen LogP contribution in [0.2, 0.25) is 0 Å². The molecular weight excluding hydrogens is 452 g/mol. The van der Waals surface area contributed by atoms with Gasteiger partial charge in [0, 0.05) is 6.42 Å². The molecular formula is C31H50O5. The van der Waals surface area contributed by atoms with E-state index in [-0.39, 0.29) is 18.5 Å². The molecule has 1 N–H and O–H groups in total. The first-order valence-corrected chi connectivity index (χ1v) is 13.7. The van der Waals surface area contributed by atoms with Gasteiger partial charge in [0.2, 0.25) is 0 Å². The second kappa shape index (κ2) is 12.1. The van der Waals surface area contributed by atoms with Gasteiger partial charge < -0.3 is 14.6 Å². The van der Waals surface area contributed by atoms with Crippen LogP contribution in [0, 0.1) is 10.8 Å². The van der Waals surface area contributed by atoms with Crippen molar-refractivity contribution in [1.82, 2.24) is 0 Å². The van der Waals surface area contributed by atoms with Gasteiger partial charge in [0.1, 0.15) is 12.2 Å². The van der Waals surface area contributed by atoms with Gasteiger partial charge in [-0.25, -0.2) is 0 Å². The minimum atomic E-state index is -0.831. The summed E-state index contributed by atoms with van der Waals surface area (Å²) in [6.45, 7) is 16.1. The topological polar surface area (TPSA) is 72.8 Å². The molecule has 0 heterocycles. The zero-order valence-electron chi connectivity index (χ0n) is 24.1. The molecule has 0 saturated heterocycles. The van der Waals surface area contributed by atoms with E-state index < -0.39 is 22.0 Å². The minimum absolute atomic E-state index is 0.240. The molecule has 2 bridgehead atoms. The molecule has 204 valence electrons. The average molecular weight is 503 g/mol. The van der Waals surface area contributed by atoms with Crippen LogP contribution in [-0.2, 0) is 19.1 Å². The van der Waals surface area contributed by atoms with Gasteiger partial charge in [-0.15, -0.1) is 0 Å². The van der Waals surface area contributed by atoms with Crippen LogP contribution in [0.25, 0.3) is 0 Å². The van der Waals surface area contributed by atoms with E-state index in [0.29, 0.717) is 38.5 Å². The largest absolute Gasteiger partial charge is 0.461 e. The van der Waals surface area contributed by atoms with Gasteiger partial charge in [0.15, 0.2) is 0 Å². The second-order valence-corrected chi connectivity index (χ2v) is 13.0. The predicted molar refractivity (Wildman–Crippen MR) is 145 cm³/mol. The number of fused-ring (bicyclic) bond motifs is 2. The molecule has 0 aromatic carbocycles. The van der Waals surface area contributed by atoms with E-state index in [1.54, 1.807) is 0 Å². The maximum absolute atomic E-state index is 13.1. The van der Waals surface area contributed by atoms with E-state index in [1.165, 1.54) is 16.7 Å². The number of allylic oxidation sites excluding steroid dienone is 5. The van der Waals surface area contributed by atoms with Crippen molar-refractivity contribution in [2.75, 3.05) is 6.61 Å². The summed E-state index contributed by atoms with van der Waals surface area (Å²) in [5.74, 6) is -0.605. The van der Waals surface area contributed by atoms with Crippen LogP contribution in [0.3, 0.4) is 0 Å². The Morgan fingerprint density at radius 1 is 0.806 bits per heavy atom. The predicted octanol–water partition coefficient (Wildman–Crippen LogP) is 7.38. The molecule has 0 amide bonds. The number of hydrogen-bond acceptors (Lipinski definition) is 5. The monoisotopic (exact) mass is 502 g/mol. The van der Waals surface area contributed by atoms with Crippen LogP contribution in [-0.4, -0.2) is 34.9 Å². The van der Waals surface area contributed by atoms with Crippen molar-refractivity contribution in [3.8, 4) is 0 Å². The third-order valence-electron chi connectivity index (χ3n) is 7.81. The number of carbonyl (C=O) groups excluding carboxylic acids is 2. The molecule has 0 unspecified atom stereocenters. The van der Waals surface area contributed by atoms with Crippen LogP contribution in [0.4, 0.5) is 0 Å². The highest BCUT2D eigenvalue weighted by molar-refractivity contribution is 5.80. The average Bonchev–Trinajstić information content (AvgIpc) is 3.25. The van der Waals surface area contributed by atoms with E-state index in [1.807, 2.05) is 33.8 Å². The van der Waals surface area contributed by atoms with Crippen LogP contribution < -0.4 is 0 Å². The Morgan fingerprint density at radius 3 is 1.86 bits per heavy atom. The van der Waals surface area contributed by atoms with Crippen molar-refractivity contribution in [2.45, 2.75) is 131 Å². The number of esters is 2. The standard InChI is InChI=1S/C31H50O5/c1-23(2)11-9-12-24(3)13-10-14-25(4)15-20-35-26(32)28(5,6)21-29(7,8)27(33)36-31-18-16-30(34,22-31)17-19-31/h11,13,15,34H,9-10,12,14,16-22H2,1-8H3/b24-13+,25-15+. The van der Waals surface area contributed by atoms with E-state index >= 15 is 0 Å². The Kier molecular flexibility index (Phi) is 10.2. The molecule has 0 atom stereocenters. The van der Waals surface area contributed by atoms with Crippen LogP contribution in [0.5, 0.6) is 0 Å². The van der Waals surface area contributed by atoms with Crippen LogP contribution >= 0.6 is 0 Å². The summed E-state index contributed by atoms with van der Waals surface area (Å²) in [5, 5.41) is 10.5. The summed E-state index contributed by atoms with van der Waals surface area (Å²) in [6.07, 6.45) is 14.3. The summed E-state index contributed by atoms with van der Waals surface area (Å²) in [7, 11) is 0. The Balaban J connectivity index is 1.79. The first kappa shape index (κ1) is 30.3. The third-order valence-corrected chi connectivity index (χ3v) is 7.81. The molecule has 2 aliphatic rings. The summed E-state index contributed by atoms with van der Waals surface area (Å²) in [4.78, 5) is 25.9. The van der Waals surface area contributed by atoms with Gasteiger partial charge in [-0.3, -0.25) is 9.59 Å². The lowest BCUT2D eigenvalue weighted by atomic mass is 9.75. The molecule has 0 radical (unpaired) electrons. The van der Waals surface area contributed by atoms with E-state index in [0.717, 1.165) is 25.7 Å². The van der Waals surface area contributed by atoms with Crippen molar-refractivity contribution in [3.05, 3.63) is 34.9 Å². The maximum atomic E-state index is 13.1. The normalized spacial score (nSPS) is 24.6. The zero-order chi connectivity index (χ0) is 27.2. The van der Waals surface area contributed by atoms with Crippen LogP contribution in [0.15, 0.2) is 34.9 Å². The Morgan fingerprint density at radius 2 is 1.33 bits per heavy atom. The lowest BCUT2D eigenvalue weighted by molar-refractivity contribution is -0.173. The van der Waals surface area contributed by atoms with Crippen molar-refractivity contribution >= 4 is 11.9 Å². The van der Waals surface area contributed by atoms with Crippen LogP contribution in [0.1, 0.15) is 120 Å². The molecule has 5 nitrogen and oxygen atoms in total. The smallest absolute Gasteiger partial charge is 0.312 e. The molecule has 0 aromatic rings. The molecule has 2 fully saturated rings. The first-order valence-electron chi connectivity index (χ1n) is 13.7. The fourth-order valence-corrected chi connectivity index (χ4v) is 5.64. The Bertz CT molecular complexity index is 875. The lowest BCUT2D eigenvalue weighted by Gasteiger charge is -2.35. The number of aliphatic hydroxyl groups is 1. The van der Waals surface area contributed by atoms with Crippen molar-refractivity contribution in [3.63, 3.8) is 0 Å². The van der Waals surface area contributed by atoms with E-state index in [9.17, 15) is 14.7 Å². The highest BCUT2D eigenvalue weighted by Gasteiger charge is 2.57. The molecule has 0 aliphatic heterocycles. The van der Waals surface area contributed by atoms with Crippen molar-refractivity contribution in [2.24, 2.45) is 10.8 Å². The summed E-state index contributed by atoms with van der Waals surface area (Å²) in [5.41, 5.74) is 1.12. The minimum Gasteiger partial charge on any atom is -0.461 e. The van der Waals surface area contributed by atoms with Gasteiger partial charge in [-0.2, -0.15) is 0 Å². The first-order chi connectivity index (χ1) is 16.6. The van der Waals surface area contributed by atoms with Gasteiger partial charge in [0.05, 0.1) is 16.4 Å². The molecule has 36 heavy (non-hydrogen) atoms. The van der Waals surface area contributed by atoms with E-state index in [4.69, 9.17) is 9.47 Å². The Hall–Kier alpha value is -1.88. The Labute approximate surface area is 219 Å². The highest BCUT2D eigenvalue weighted by atomic mass is 16.6. The second-order valence-electron chi connectivity index (χ2n) is 13.0. The lowest BCUT2D eigenvalue weighted by Crippen LogP contribution is -2.41. The fourth-order valence-electron chi connectivity index (χ4n) is 5.64. The molecule has 2 aliphatic carbocycles. The molecule has 0 aromatic heterocycles. The summed E-state index contributed by atoms with van der Waals surface area (Å²) in [6, 6.07) is 0. The third kappa shape index (κ3) is 8.90. The zero-order valence-corrected chi connectivity index (χ0v) is 24.1. The number of hydrogen-bond donors (Lipinski definition) is 1. The van der Waals surface area contributed by atoms with Gasteiger partial charge in [0.25, 0.3) is 0 Å². The SMILES string of the molecule is CC(C)=CCC/C(C)=C/CC/C(C)=C/COC(=O)C(C)(C)CC(C)(C)C(=O)OC12CCC(O)(CC1)C2. The van der Waals surface area contributed by atoms with Crippen molar-refractivity contribution in [1.29, 1.82) is 0 Å². The molecule has 2 saturated carbocycles. The van der Waals surface area contributed by atoms with Crippen molar-refractivity contribution < 1.29 is 24.2 Å². The highest BCUT2D eigenvalue weighted by Crippen LogP contribution is 2.53. The van der Waals surface area contributed by atoms with Gasteiger partial charge >= 0.3 is 11.9 Å².